The number of nitrogens with zero attached hydrogens (tertiary/aromatic N) is 5. The Morgan fingerprint density at radius 2 is 1.62 bits per heavy atom. The van der Waals surface area contributed by atoms with Crippen LogP contribution in [0, 0.1) is 11.6 Å². The van der Waals surface area contributed by atoms with Gasteiger partial charge in [0.2, 0.25) is 15.9 Å². The Kier molecular flexibility index (Phi) is 11.6. The summed E-state index contributed by atoms with van der Waals surface area (Å²) in [6.45, 7) is 3.14. The summed E-state index contributed by atoms with van der Waals surface area (Å²) in [5, 5.41) is 11.1. The van der Waals surface area contributed by atoms with Crippen molar-refractivity contribution in [3.8, 4) is 11.1 Å². The van der Waals surface area contributed by atoms with E-state index in [1.54, 1.807) is 39.1 Å². The van der Waals surface area contributed by atoms with Crippen LogP contribution in [-0.2, 0) is 57.3 Å². The third-order valence-corrected chi connectivity index (χ3v) is 14.9. The molecular weight excluding hydrogens is 853 g/mol. The van der Waals surface area contributed by atoms with E-state index in [4.69, 9.17) is 16.6 Å². The van der Waals surface area contributed by atoms with E-state index >= 15 is 0 Å². The lowest BCUT2D eigenvalue weighted by atomic mass is 9.93. The van der Waals surface area contributed by atoms with Crippen molar-refractivity contribution in [3.63, 3.8) is 0 Å². The second-order valence-corrected chi connectivity index (χ2v) is 21.2. The number of halogens is 6. The molecule has 2 N–H and O–H groups in total. The smallest absolute Gasteiger partial charge is 0.347 e. The van der Waals surface area contributed by atoms with Crippen LogP contribution in [0.15, 0.2) is 48.5 Å². The molecular formula is C40H43ClF5N7O5S2. The Labute approximate surface area is 348 Å². The van der Waals surface area contributed by atoms with Crippen LogP contribution in [0.5, 0.6) is 0 Å². The van der Waals surface area contributed by atoms with Crippen molar-refractivity contribution in [1.82, 2.24) is 29.9 Å². The van der Waals surface area contributed by atoms with E-state index < -0.39 is 65.3 Å². The Hall–Kier alpha value is -4.62. The van der Waals surface area contributed by atoms with Crippen LogP contribution in [0.25, 0.3) is 22.0 Å². The van der Waals surface area contributed by atoms with Gasteiger partial charge in [0.05, 0.1) is 43.9 Å². The largest absolute Gasteiger partial charge is 0.435 e. The van der Waals surface area contributed by atoms with Gasteiger partial charge in [-0.15, -0.1) is 0 Å². The standard InChI is InChI=1S/C40H43ClF5N7O5S2/c1-39(2,60(57,58)27-8-9-27)15-13-26-7-10-28(29-11-12-30(41)35-37(29)52(3)50-38(35)51-59(4,55)56)36(47-26)31(19-22-17-24(42)20-25(43)18-22)48-34(54)14-16-53-32(23-5-6-23)21-33(49-53)40(44,45)46/h7,10-12,17-18,20-21,23,27,31H,5-6,8-9,13-16,19H2,1-4H3,(H,48,54)(H,50,51)/t31-/m0/s1. The second-order valence-electron chi connectivity index (χ2n) is 16.2. The van der Waals surface area contributed by atoms with Crippen LogP contribution in [0.1, 0.15) is 92.7 Å². The first-order valence-corrected chi connectivity index (χ1v) is 23.1. The van der Waals surface area contributed by atoms with Crippen LogP contribution in [0.3, 0.4) is 0 Å². The summed E-state index contributed by atoms with van der Waals surface area (Å²) in [5.41, 5.74) is 1.30. The lowest BCUT2D eigenvalue weighted by Gasteiger charge is -2.26. The Morgan fingerprint density at radius 1 is 0.950 bits per heavy atom. The zero-order valence-electron chi connectivity index (χ0n) is 33.1. The van der Waals surface area contributed by atoms with E-state index in [1.807, 2.05) is 0 Å². The first kappa shape index (κ1) is 43.5. The number of sulfonamides is 1. The van der Waals surface area contributed by atoms with Gasteiger partial charge >= 0.3 is 6.18 Å². The van der Waals surface area contributed by atoms with Crippen molar-refractivity contribution in [2.75, 3.05) is 11.0 Å². The number of carbonyl (C=O) groups excluding carboxylic acids is 1. The van der Waals surface area contributed by atoms with Crippen molar-refractivity contribution in [3.05, 3.63) is 93.5 Å². The lowest BCUT2D eigenvalue weighted by molar-refractivity contribution is -0.141. The van der Waals surface area contributed by atoms with Gasteiger partial charge in [0, 0.05) is 54.5 Å². The number of aryl methyl sites for hydroxylation is 3. The summed E-state index contributed by atoms with van der Waals surface area (Å²) in [4.78, 5) is 18.9. The number of benzene rings is 2. The molecule has 0 spiro atoms. The maximum absolute atomic E-state index is 14.6. The number of hydrogen-bond donors (Lipinski definition) is 2. The van der Waals surface area contributed by atoms with Gasteiger partial charge in [-0.3, -0.25) is 23.9 Å². The van der Waals surface area contributed by atoms with Gasteiger partial charge in [0.1, 0.15) is 11.6 Å². The van der Waals surface area contributed by atoms with E-state index in [0.29, 0.717) is 59.8 Å². The second kappa shape index (κ2) is 16.0. The predicted molar refractivity (Wildman–Crippen MR) is 217 cm³/mol. The molecule has 322 valence electrons. The number of nitrogens with one attached hydrogen (secondary N) is 2. The van der Waals surface area contributed by atoms with Crippen LogP contribution in [0.4, 0.5) is 27.8 Å². The fourth-order valence-corrected chi connectivity index (χ4v) is 10.3. The summed E-state index contributed by atoms with van der Waals surface area (Å²) >= 11 is 6.64. The van der Waals surface area contributed by atoms with Gasteiger partial charge in [-0.1, -0.05) is 23.7 Å². The normalized spacial score (nSPS) is 15.7. The molecule has 2 aliphatic carbocycles. The monoisotopic (exact) mass is 895 g/mol. The SMILES string of the molecule is Cn1nc(NS(C)(=O)=O)c2c(Cl)ccc(-c3ccc(CCC(C)(C)S(=O)(=O)C4CC4)nc3[C@H](Cc3cc(F)cc(F)c3)NC(=O)CCn3nc(C(F)(F)F)cc3C3CC3)c21. The Morgan fingerprint density at radius 3 is 2.23 bits per heavy atom. The number of aromatic nitrogens is 5. The molecule has 2 aliphatic rings. The van der Waals surface area contributed by atoms with Gasteiger partial charge in [0.25, 0.3) is 0 Å². The van der Waals surface area contributed by atoms with E-state index in [0.717, 1.165) is 24.5 Å². The first-order valence-electron chi connectivity index (χ1n) is 19.3. The molecule has 0 bridgehead atoms. The summed E-state index contributed by atoms with van der Waals surface area (Å²) in [7, 11) is -5.69. The maximum atomic E-state index is 14.6. The molecule has 60 heavy (non-hydrogen) atoms. The Bertz CT molecular complexity index is 2690. The van der Waals surface area contributed by atoms with Crippen molar-refractivity contribution >= 4 is 54.1 Å². The van der Waals surface area contributed by atoms with E-state index in [1.165, 1.54) is 15.4 Å². The molecule has 2 aromatic carbocycles. The zero-order chi connectivity index (χ0) is 43.5. The van der Waals surface area contributed by atoms with E-state index in [-0.39, 0.29) is 65.6 Å². The van der Waals surface area contributed by atoms with E-state index in [2.05, 4.69) is 20.2 Å². The van der Waals surface area contributed by atoms with E-state index in [9.17, 15) is 43.6 Å². The van der Waals surface area contributed by atoms with Gasteiger partial charge in [-0.25, -0.2) is 25.6 Å². The quantitative estimate of drug-likeness (QED) is 0.0951. The van der Waals surface area contributed by atoms with Gasteiger partial charge < -0.3 is 5.32 Å². The molecule has 20 heteroatoms. The minimum Gasteiger partial charge on any atom is -0.347 e. The van der Waals surface area contributed by atoms with Gasteiger partial charge in [0.15, 0.2) is 21.3 Å². The van der Waals surface area contributed by atoms with Crippen molar-refractivity contribution in [2.24, 2.45) is 7.05 Å². The predicted octanol–water partition coefficient (Wildman–Crippen LogP) is 7.81. The van der Waals surface area contributed by atoms with Crippen LogP contribution >= 0.6 is 11.6 Å². The zero-order valence-corrected chi connectivity index (χ0v) is 35.5. The van der Waals surface area contributed by atoms with Crippen molar-refractivity contribution < 1.29 is 43.6 Å². The topological polar surface area (TPSA) is 158 Å². The molecule has 1 atom stereocenters. The molecule has 3 aromatic heterocycles. The molecule has 0 radical (unpaired) electrons. The first-order chi connectivity index (χ1) is 28.0. The summed E-state index contributed by atoms with van der Waals surface area (Å²) in [5.74, 6) is -2.53. The lowest BCUT2D eigenvalue weighted by Crippen LogP contribution is -2.35. The fourth-order valence-electron chi connectivity index (χ4n) is 7.50. The van der Waals surface area contributed by atoms with Crippen LogP contribution in [-0.4, -0.2) is 63.5 Å². The number of anilines is 1. The minimum atomic E-state index is -4.69. The molecule has 2 fully saturated rings. The number of rotatable bonds is 16. The molecule has 5 aromatic rings. The van der Waals surface area contributed by atoms with Crippen molar-refractivity contribution in [1.29, 1.82) is 0 Å². The number of hydrogen-bond acceptors (Lipinski definition) is 8. The highest BCUT2D eigenvalue weighted by molar-refractivity contribution is 7.93. The molecule has 0 unspecified atom stereocenters. The number of pyridine rings is 1. The maximum Gasteiger partial charge on any atom is 0.435 e. The third kappa shape index (κ3) is 9.47. The molecule has 3 heterocycles. The molecule has 0 aliphatic heterocycles. The third-order valence-electron chi connectivity index (χ3n) is 10.9. The number of sulfone groups is 1. The molecule has 7 rings (SSSR count). The summed E-state index contributed by atoms with van der Waals surface area (Å²) < 4.78 is 125. The Balaban J connectivity index is 1.32. The number of amides is 1. The average molecular weight is 896 g/mol. The average Bonchev–Trinajstić information content (AvgIpc) is 4.08. The number of carbonyl (C=O) groups is 1. The molecule has 1 amide bonds. The number of fused-ring (bicyclic) bond motifs is 1. The fraction of sp³-hybridized carbons (Fsp3) is 0.450. The number of alkyl halides is 3. The summed E-state index contributed by atoms with van der Waals surface area (Å²) in [6.07, 6.45) is -1.28. The van der Waals surface area contributed by atoms with Gasteiger partial charge in [-0.05, 0) is 94.7 Å². The molecule has 2 saturated carbocycles. The summed E-state index contributed by atoms with van der Waals surface area (Å²) in [6, 6.07) is 9.36. The van der Waals surface area contributed by atoms with Crippen LogP contribution in [0.2, 0.25) is 5.02 Å². The highest BCUT2D eigenvalue weighted by atomic mass is 35.5. The minimum absolute atomic E-state index is 0.0509. The van der Waals surface area contributed by atoms with Crippen LogP contribution < -0.4 is 10.0 Å². The van der Waals surface area contributed by atoms with Gasteiger partial charge in [-0.2, -0.15) is 23.4 Å². The highest BCUT2D eigenvalue weighted by Gasteiger charge is 2.46. The van der Waals surface area contributed by atoms with Crippen molar-refractivity contribution in [2.45, 2.75) is 99.9 Å². The molecule has 12 nitrogen and oxygen atoms in total. The highest BCUT2D eigenvalue weighted by Crippen LogP contribution is 2.43. The molecule has 0 saturated heterocycles.